The first-order chi connectivity index (χ1) is 7.92. The maximum Gasteiger partial charge on any atom is 0.143 e. The Morgan fingerprint density at radius 3 is 1.62 bits per heavy atom. The van der Waals surface area contributed by atoms with Gasteiger partial charge in [-0.15, -0.1) is 0 Å². The van der Waals surface area contributed by atoms with Gasteiger partial charge >= 0.3 is 0 Å². The third-order valence-electron chi connectivity index (χ3n) is 2.27. The zero-order valence-corrected chi connectivity index (χ0v) is 9.41. The molecule has 2 aromatic rings. The molecular weight excluding hydrogens is 216 g/mol. The molecule has 2 heteroatoms. The molecule has 0 aliphatic carbocycles. The van der Waals surface area contributed by atoms with Crippen molar-refractivity contribution in [3.05, 3.63) is 71.8 Å². The highest BCUT2D eigenvalue weighted by atomic mass is 32.1. The Morgan fingerprint density at radius 2 is 1.25 bits per heavy atom. The van der Waals surface area contributed by atoms with Gasteiger partial charge in [-0.1, -0.05) is 60.7 Å². The quantitative estimate of drug-likeness (QED) is 0.720. The van der Waals surface area contributed by atoms with Crippen molar-refractivity contribution < 1.29 is 4.21 Å². The molecule has 0 aromatic heterocycles. The van der Waals surface area contributed by atoms with E-state index in [9.17, 15) is 4.21 Å². The predicted octanol–water partition coefficient (Wildman–Crippen LogP) is 2.73. The Kier molecular flexibility index (Phi) is 3.50. The third kappa shape index (κ3) is 2.37. The molecule has 0 spiro atoms. The predicted molar refractivity (Wildman–Crippen MR) is 68.5 cm³/mol. The first kappa shape index (κ1) is 10.6. The van der Waals surface area contributed by atoms with Gasteiger partial charge in [0.05, 0.1) is 0 Å². The summed E-state index contributed by atoms with van der Waals surface area (Å²) in [5.74, 6) is 0. The minimum absolute atomic E-state index is 0.362. The highest BCUT2D eigenvalue weighted by Gasteiger charge is 2.02. The van der Waals surface area contributed by atoms with E-state index in [4.69, 9.17) is 0 Å². The molecule has 0 bridgehead atoms. The highest BCUT2D eigenvalue weighted by molar-refractivity contribution is 7.64. The van der Waals surface area contributed by atoms with Crippen LogP contribution in [0, 0.1) is 0 Å². The molecule has 0 heterocycles. The van der Waals surface area contributed by atoms with E-state index in [0.29, 0.717) is 11.3 Å². The van der Waals surface area contributed by atoms with E-state index in [1.807, 2.05) is 60.7 Å². The van der Waals surface area contributed by atoms with Crippen molar-refractivity contribution in [2.75, 3.05) is 0 Å². The van der Waals surface area contributed by atoms with Gasteiger partial charge in [0.15, 0.2) is 0 Å². The van der Waals surface area contributed by atoms with Crippen molar-refractivity contribution in [2.45, 2.75) is 0 Å². The molecule has 0 radical (unpaired) electrons. The number of rotatable bonds is 2. The summed E-state index contributed by atoms with van der Waals surface area (Å²) in [6.45, 7) is 0. The average Bonchev–Trinajstić information content (AvgIpc) is 2.38. The van der Waals surface area contributed by atoms with Crippen LogP contribution in [-0.2, 0) is 11.3 Å². The van der Waals surface area contributed by atoms with Gasteiger partial charge in [-0.2, -0.15) is 0 Å². The maximum atomic E-state index is 10.7. The molecule has 0 unspecified atom stereocenters. The zero-order valence-electron chi connectivity index (χ0n) is 8.59. The molecule has 0 aliphatic rings. The summed E-state index contributed by atoms with van der Waals surface area (Å²) in [6.07, 6.45) is 0. The first-order valence-electron chi connectivity index (χ1n) is 4.94. The normalized spacial score (nSPS) is 9.25. The molecule has 0 atom stereocenters. The monoisotopic (exact) mass is 226 g/mol. The lowest BCUT2D eigenvalue weighted by molar-refractivity contribution is 0.701. The summed E-state index contributed by atoms with van der Waals surface area (Å²) < 4.78 is 10.7. The summed E-state index contributed by atoms with van der Waals surface area (Å²) >= 11 is 0.362. The van der Waals surface area contributed by atoms with Crippen LogP contribution in [0.25, 0.3) is 5.57 Å². The molecule has 1 nitrogen and oxygen atoms in total. The van der Waals surface area contributed by atoms with E-state index in [-0.39, 0.29) is 0 Å². The SMILES string of the molecule is O=S=C=C(c1ccccc1)c1ccccc1. The smallest absolute Gasteiger partial charge is 0.143 e. The summed E-state index contributed by atoms with van der Waals surface area (Å²) in [5, 5.41) is 2.79. The van der Waals surface area contributed by atoms with E-state index in [0.717, 1.165) is 16.7 Å². The summed E-state index contributed by atoms with van der Waals surface area (Å²) in [6, 6.07) is 19.6. The maximum absolute atomic E-state index is 10.7. The molecule has 0 N–H and O–H groups in total. The van der Waals surface area contributed by atoms with Gasteiger partial charge in [-0.05, 0) is 16.1 Å². The van der Waals surface area contributed by atoms with Crippen molar-refractivity contribution in [2.24, 2.45) is 0 Å². The Labute approximate surface area is 98.1 Å². The molecule has 0 saturated carbocycles. The van der Waals surface area contributed by atoms with E-state index < -0.39 is 0 Å². The fourth-order valence-corrected chi connectivity index (χ4v) is 1.85. The number of hydrogen-bond donors (Lipinski definition) is 0. The van der Waals surface area contributed by atoms with Crippen LogP contribution >= 0.6 is 0 Å². The van der Waals surface area contributed by atoms with Crippen LogP contribution in [0.1, 0.15) is 11.1 Å². The molecule has 0 amide bonds. The first-order valence-corrected chi connectivity index (χ1v) is 5.68. The van der Waals surface area contributed by atoms with Gasteiger partial charge in [-0.3, -0.25) is 0 Å². The van der Waals surface area contributed by atoms with Gasteiger partial charge in [0.2, 0.25) is 0 Å². The Bertz CT molecular complexity index is 506. The van der Waals surface area contributed by atoms with Crippen molar-refractivity contribution in [1.82, 2.24) is 0 Å². The van der Waals surface area contributed by atoms with Gasteiger partial charge in [0, 0.05) is 5.57 Å². The third-order valence-corrected chi connectivity index (χ3v) is 2.56. The Morgan fingerprint density at radius 1 is 0.812 bits per heavy atom. The van der Waals surface area contributed by atoms with Gasteiger partial charge in [-0.25, -0.2) is 4.21 Å². The largest absolute Gasteiger partial charge is 0.203 e. The van der Waals surface area contributed by atoms with Crippen molar-refractivity contribution in [1.29, 1.82) is 0 Å². The lowest BCUT2D eigenvalue weighted by atomic mass is 10.00. The van der Waals surface area contributed by atoms with Crippen LogP contribution in [0.2, 0.25) is 0 Å². The lowest BCUT2D eigenvalue weighted by Gasteiger charge is -2.03. The van der Waals surface area contributed by atoms with Gasteiger partial charge < -0.3 is 0 Å². The molecule has 2 rings (SSSR count). The summed E-state index contributed by atoms with van der Waals surface area (Å²) in [7, 11) is 0. The highest BCUT2D eigenvalue weighted by Crippen LogP contribution is 2.19. The number of benzene rings is 2. The average molecular weight is 226 g/mol. The zero-order chi connectivity index (χ0) is 11.2. The van der Waals surface area contributed by atoms with E-state index in [2.05, 4.69) is 5.02 Å². The second-order valence-corrected chi connectivity index (χ2v) is 3.66. The topological polar surface area (TPSA) is 17.1 Å². The fourth-order valence-electron chi connectivity index (χ4n) is 1.54. The van der Waals surface area contributed by atoms with Crippen LogP contribution < -0.4 is 0 Å². The molecule has 16 heavy (non-hydrogen) atoms. The molecule has 0 saturated heterocycles. The van der Waals surface area contributed by atoms with Gasteiger partial charge in [0.1, 0.15) is 11.3 Å². The van der Waals surface area contributed by atoms with Crippen LogP contribution in [0.5, 0.6) is 0 Å². The second kappa shape index (κ2) is 5.26. The Balaban J connectivity index is 2.58. The molecule has 78 valence electrons. The van der Waals surface area contributed by atoms with Crippen LogP contribution in [-0.4, -0.2) is 9.23 Å². The Hall–Kier alpha value is -1.89. The van der Waals surface area contributed by atoms with E-state index in [1.54, 1.807) is 0 Å². The van der Waals surface area contributed by atoms with Crippen molar-refractivity contribution in [3.8, 4) is 0 Å². The van der Waals surface area contributed by atoms with E-state index in [1.165, 1.54) is 0 Å². The molecule has 2 aromatic carbocycles. The standard InChI is InChI=1S/C14H10OS/c15-16-11-14(12-7-3-1-4-8-12)13-9-5-2-6-10-13/h1-10H. The fraction of sp³-hybridized carbons (Fsp3) is 0. The minimum Gasteiger partial charge on any atom is -0.203 e. The second-order valence-electron chi connectivity index (χ2n) is 3.29. The van der Waals surface area contributed by atoms with Crippen LogP contribution in [0.15, 0.2) is 60.7 Å². The van der Waals surface area contributed by atoms with Gasteiger partial charge in [0.25, 0.3) is 0 Å². The van der Waals surface area contributed by atoms with Crippen LogP contribution in [0.4, 0.5) is 0 Å². The minimum atomic E-state index is 0.362. The summed E-state index contributed by atoms with van der Waals surface area (Å²) in [4.78, 5) is 0. The molecular formula is C14H10OS. The molecule has 0 fully saturated rings. The van der Waals surface area contributed by atoms with Crippen LogP contribution in [0.3, 0.4) is 0 Å². The number of hydrogen-bond acceptors (Lipinski definition) is 1. The van der Waals surface area contributed by atoms with Crippen molar-refractivity contribution in [3.63, 3.8) is 0 Å². The summed E-state index contributed by atoms with van der Waals surface area (Å²) in [5.41, 5.74) is 2.87. The van der Waals surface area contributed by atoms with E-state index >= 15 is 0 Å². The van der Waals surface area contributed by atoms with Crippen molar-refractivity contribution >= 4 is 21.9 Å². The molecule has 0 aliphatic heterocycles. The lowest BCUT2D eigenvalue weighted by Crippen LogP contribution is -1.87.